The van der Waals surface area contributed by atoms with Gasteiger partial charge in [0.25, 0.3) is 0 Å². The van der Waals surface area contributed by atoms with Crippen molar-refractivity contribution >= 4 is 23.6 Å². The summed E-state index contributed by atoms with van der Waals surface area (Å²) in [6.45, 7) is 1.71. The van der Waals surface area contributed by atoms with E-state index in [1.54, 1.807) is 6.92 Å². The van der Waals surface area contributed by atoms with Gasteiger partial charge in [-0.2, -0.15) is 0 Å². The molecule has 0 spiro atoms. The first-order chi connectivity index (χ1) is 5.57. The van der Waals surface area contributed by atoms with Crippen LogP contribution in [0.4, 0.5) is 0 Å². The number of amides is 1. The molecule has 0 aliphatic rings. The van der Waals surface area contributed by atoms with Crippen LogP contribution in [0.1, 0.15) is 13.3 Å². The Bertz CT molecular complexity index is 172. The Morgan fingerprint density at radius 3 is 2.58 bits per heavy atom. The smallest absolute Gasteiger partial charge is 0.306 e. The highest BCUT2D eigenvalue weighted by Crippen LogP contribution is 2.10. The molecule has 0 saturated heterocycles. The Balaban J connectivity index is 3.43. The first kappa shape index (κ1) is 11.3. The highest BCUT2D eigenvalue weighted by Gasteiger charge is 2.09. The van der Waals surface area contributed by atoms with E-state index in [0.717, 1.165) is 0 Å². The van der Waals surface area contributed by atoms with E-state index in [-0.39, 0.29) is 17.1 Å². The number of hydrogen-bond donors (Lipinski definition) is 1. The van der Waals surface area contributed by atoms with Gasteiger partial charge in [0.15, 0.2) is 0 Å². The molecule has 0 heterocycles. The van der Waals surface area contributed by atoms with Crippen molar-refractivity contribution in [1.82, 2.24) is 0 Å². The van der Waals surface area contributed by atoms with Gasteiger partial charge in [-0.05, 0) is 6.92 Å². The van der Waals surface area contributed by atoms with E-state index in [9.17, 15) is 9.59 Å². The second-order valence-electron chi connectivity index (χ2n) is 2.24. The monoisotopic (exact) mass is 191 g/mol. The Kier molecular flexibility index (Phi) is 5.53. The van der Waals surface area contributed by atoms with Crippen LogP contribution in [-0.4, -0.2) is 30.0 Å². The quantitative estimate of drug-likeness (QED) is 0.628. The first-order valence-electron chi connectivity index (χ1n) is 3.55. The fourth-order valence-electron chi connectivity index (χ4n) is 0.503. The minimum absolute atomic E-state index is 0.241. The van der Waals surface area contributed by atoms with Crippen LogP contribution in [0.5, 0.6) is 0 Å². The number of esters is 1. The summed E-state index contributed by atoms with van der Waals surface area (Å²) in [7, 11) is 1.34. The van der Waals surface area contributed by atoms with Gasteiger partial charge in [0, 0.05) is 5.75 Å². The van der Waals surface area contributed by atoms with Gasteiger partial charge < -0.3 is 10.5 Å². The number of nitrogens with two attached hydrogens (primary N) is 1. The number of ether oxygens (including phenoxy) is 1. The number of rotatable bonds is 5. The lowest BCUT2D eigenvalue weighted by atomic mass is 10.5. The van der Waals surface area contributed by atoms with E-state index >= 15 is 0 Å². The van der Waals surface area contributed by atoms with Crippen LogP contribution >= 0.6 is 11.8 Å². The van der Waals surface area contributed by atoms with Crippen molar-refractivity contribution < 1.29 is 14.3 Å². The molecular formula is C7H13NO3S. The topological polar surface area (TPSA) is 69.4 Å². The van der Waals surface area contributed by atoms with Crippen LogP contribution in [0.2, 0.25) is 0 Å². The highest BCUT2D eigenvalue weighted by molar-refractivity contribution is 8.00. The summed E-state index contributed by atoms with van der Waals surface area (Å²) in [5.41, 5.74) is 5.01. The number of methoxy groups -OCH3 is 1. The van der Waals surface area contributed by atoms with E-state index in [1.165, 1.54) is 18.9 Å². The third-order valence-electron chi connectivity index (χ3n) is 1.30. The average Bonchev–Trinajstić information content (AvgIpc) is 2.03. The molecule has 0 aliphatic carbocycles. The van der Waals surface area contributed by atoms with Crippen molar-refractivity contribution in [3.63, 3.8) is 0 Å². The van der Waals surface area contributed by atoms with Crippen molar-refractivity contribution in [3.05, 3.63) is 0 Å². The van der Waals surface area contributed by atoms with Crippen LogP contribution in [0, 0.1) is 0 Å². The van der Waals surface area contributed by atoms with Gasteiger partial charge >= 0.3 is 5.97 Å². The molecule has 5 heteroatoms. The summed E-state index contributed by atoms with van der Waals surface area (Å²) >= 11 is 1.35. The van der Waals surface area contributed by atoms with Crippen molar-refractivity contribution in [3.8, 4) is 0 Å². The minimum atomic E-state index is -0.357. The molecule has 0 fully saturated rings. The Hall–Kier alpha value is -0.710. The molecule has 4 nitrogen and oxygen atoms in total. The van der Waals surface area contributed by atoms with Crippen molar-refractivity contribution in [1.29, 1.82) is 0 Å². The molecule has 70 valence electrons. The summed E-state index contributed by atoms with van der Waals surface area (Å²) in [4.78, 5) is 21.1. The summed E-state index contributed by atoms with van der Waals surface area (Å²) in [5, 5.41) is -0.241. The predicted octanol–water partition coefficient (Wildman–Crippen LogP) is 0.156. The second-order valence-corrected chi connectivity index (χ2v) is 3.69. The maximum atomic E-state index is 10.6. The molecule has 1 unspecified atom stereocenters. The number of carbonyl (C=O) groups is 2. The van der Waals surface area contributed by atoms with Crippen molar-refractivity contribution in [2.45, 2.75) is 18.6 Å². The fraction of sp³-hybridized carbons (Fsp3) is 0.714. The summed E-state index contributed by atoms with van der Waals surface area (Å²) < 4.78 is 4.42. The minimum Gasteiger partial charge on any atom is -0.469 e. The molecule has 12 heavy (non-hydrogen) atoms. The van der Waals surface area contributed by atoms with Gasteiger partial charge in [0.2, 0.25) is 5.91 Å². The molecule has 2 N–H and O–H groups in total. The third-order valence-corrected chi connectivity index (χ3v) is 2.47. The lowest BCUT2D eigenvalue weighted by Crippen LogP contribution is -2.23. The van der Waals surface area contributed by atoms with Crippen molar-refractivity contribution in [2.75, 3.05) is 12.9 Å². The zero-order valence-corrected chi connectivity index (χ0v) is 8.02. The predicted molar refractivity (Wildman–Crippen MR) is 47.7 cm³/mol. The van der Waals surface area contributed by atoms with Gasteiger partial charge in [0.1, 0.15) is 0 Å². The van der Waals surface area contributed by atoms with E-state index in [4.69, 9.17) is 5.73 Å². The number of primary amides is 1. The lowest BCUT2D eigenvalue weighted by Gasteiger charge is -2.05. The third kappa shape index (κ3) is 5.01. The normalized spacial score (nSPS) is 12.2. The van der Waals surface area contributed by atoms with Crippen LogP contribution in [0.25, 0.3) is 0 Å². The number of thioether (sulfide) groups is 1. The van der Waals surface area contributed by atoms with E-state index in [1.807, 2.05) is 0 Å². The molecular weight excluding hydrogens is 178 g/mol. The Labute approximate surface area is 75.8 Å². The molecule has 0 aliphatic heterocycles. The fourth-order valence-corrected chi connectivity index (χ4v) is 1.31. The lowest BCUT2D eigenvalue weighted by molar-refractivity contribution is -0.140. The molecule has 0 radical (unpaired) electrons. The van der Waals surface area contributed by atoms with E-state index in [0.29, 0.717) is 12.2 Å². The molecule has 0 aromatic heterocycles. The van der Waals surface area contributed by atoms with E-state index in [2.05, 4.69) is 4.74 Å². The van der Waals surface area contributed by atoms with Gasteiger partial charge in [-0.3, -0.25) is 9.59 Å². The van der Waals surface area contributed by atoms with Gasteiger partial charge in [-0.25, -0.2) is 0 Å². The standard InChI is InChI=1S/C7H13NO3S/c1-5(7(8)10)12-4-3-6(9)11-2/h5H,3-4H2,1-2H3,(H2,8,10). The maximum Gasteiger partial charge on any atom is 0.306 e. The Morgan fingerprint density at radius 2 is 2.17 bits per heavy atom. The number of hydrogen-bond acceptors (Lipinski definition) is 4. The summed E-state index contributed by atoms with van der Waals surface area (Å²) in [5.74, 6) is -0.0550. The SMILES string of the molecule is COC(=O)CCSC(C)C(N)=O. The molecule has 1 atom stereocenters. The van der Waals surface area contributed by atoms with Crippen LogP contribution in [-0.2, 0) is 14.3 Å². The molecule has 0 aromatic rings. The first-order valence-corrected chi connectivity index (χ1v) is 4.60. The summed E-state index contributed by atoms with van der Waals surface area (Å²) in [6, 6.07) is 0. The molecule has 0 bridgehead atoms. The largest absolute Gasteiger partial charge is 0.469 e. The van der Waals surface area contributed by atoms with Crippen molar-refractivity contribution in [2.24, 2.45) is 5.73 Å². The van der Waals surface area contributed by atoms with Gasteiger partial charge in [-0.15, -0.1) is 11.8 Å². The second kappa shape index (κ2) is 5.88. The molecule has 0 aromatic carbocycles. The zero-order valence-electron chi connectivity index (χ0n) is 7.20. The zero-order chi connectivity index (χ0) is 9.56. The van der Waals surface area contributed by atoms with Crippen LogP contribution in [0.3, 0.4) is 0 Å². The van der Waals surface area contributed by atoms with Crippen LogP contribution in [0.15, 0.2) is 0 Å². The maximum absolute atomic E-state index is 10.6. The molecule has 1 amide bonds. The summed E-state index contributed by atoms with van der Waals surface area (Å²) in [6.07, 6.45) is 0.318. The van der Waals surface area contributed by atoms with Crippen LogP contribution < -0.4 is 5.73 Å². The number of carbonyl (C=O) groups excluding carboxylic acids is 2. The van der Waals surface area contributed by atoms with E-state index < -0.39 is 0 Å². The highest BCUT2D eigenvalue weighted by atomic mass is 32.2. The average molecular weight is 191 g/mol. The molecule has 0 rings (SSSR count). The van der Waals surface area contributed by atoms with Gasteiger partial charge in [0.05, 0.1) is 18.8 Å². The van der Waals surface area contributed by atoms with Gasteiger partial charge in [-0.1, -0.05) is 0 Å². The molecule has 0 saturated carbocycles. The Morgan fingerprint density at radius 1 is 1.58 bits per heavy atom.